The van der Waals surface area contributed by atoms with Crippen molar-refractivity contribution in [2.45, 2.75) is 17.4 Å². The van der Waals surface area contributed by atoms with Crippen molar-refractivity contribution in [2.75, 3.05) is 0 Å². The van der Waals surface area contributed by atoms with Gasteiger partial charge in [0.2, 0.25) is 0 Å². The highest BCUT2D eigenvalue weighted by molar-refractivity contribution is 7.89. The fourth-order valence-electron chi connectivity index (χ4n) is 2.79. The van der Waals surface area contributed by atoms with Crippen LogP contribution < -0.4 is 10.3 Å². The third-order valence-corrected chi connectivity index (χ3v) is 6.25. The molecule has 0 atom stereocenters. The van der Waals surface area contributed by atoms with Gasteiger partial charge in [-0.3, -0.25) is 10.2 Å². The van der Waals surface area contributed by atoms with Crippen molar-refractivity contribution in [3.63, 3.8) is 0 Å². The molecule has 30 heavy (non-hydrogen) atoms. The number of amides is 1. The quantitative estimate of drug-likeness (QED) is 0.486. The number of carbonyl (C=O) groups excluding carboxylic acids is 1. The predicted molar refractivity (Wildman–Crippen MR) is 116 cm³/mol. The molecule has 0 spiro atoms. The van der Waals surface area contributed by atoms with E-state index in [-0.39, 0.29) is 16.0 Å². The fourth-order valence-corrected chi connectivity index (χ4v) is 3.88. The molecule has 0 saturated heterocycles. The summed E-state index contributed by atoms with van der Waals surface area (Å²) in [5, 5.41) is 12.2. The maximum Gasteiger partial charge on any atom is 0.276 e. The smallest absolute Gasteiger partial charge is 0.276 e. The van der Waals surface area contributed by atoms with E-state index < -0.39 is 21.5 Å². The monoisotopic (exact) mass is 464 g/mol. The van der Waals surface area contributed by atoms with Crippen LogP contribution in [0.2, 0.25) is 10.0 Å². The Morgan fingerprint density at radius 1 is 0.833 bits per heavy atom. The number of nitrogens with one attached hydrogen (secondary N) is 2. The van der Waals surface area contributed by atoms with Crippen LogP contribution >= 0.6 is 23.2 Å². The Morgan fingerprint density at radius 3 is 1.70 bits per heavy atom. The van der Waals surface area contributed by atoms with Crippen molar-refractivity contribution >= 4 is 39.1 Å². The molecule has 0 radical (unpaired) electrons. The number of aliphatic hydroxyl groups is 1. The molecule has 9 heteroatoms. The number of hydrazine groups is 1. The molecule has 3 N–H and O–H groups in total. The number of halogens is 2. The van der Waals surface area contributed by atoms with Gasteiger partial charge < -0.3 is 5.11 Å². The molecular formula is C21H18Cl2N2O4S. The second-order valence-electron chi connectivity index (χ2n) is 6.60. The van der Waals surface area contributed by atoms with Crippen LogP contribution in [0, 0.1) is 6.92 Å². The first-order valence-corrected chi connectivity index (χ1v) is 11.0. The number of benzene rings is 3. The van der Waals surface area contributed by atoms with Gasteiger partial charge in [-0.25, -0.2) is 8.42 Å². The van der Waals surface area contributed by atoms with Gasteiger partial charge in [-0.1, -0.05) is 65.2 Å². The molecule has 0 fully saturated rings. The summed E-state index contributed by atoms with van der Waals surface area (Å²) in [6.45, 7) is 1.82. The molecule has 3 rings (SSSR count). The lowest BCUT2D eigenvalue weighted by atomic mass is 9.85. The molecule has 0 saturated carbocycles. The second-order valence-corrected chi connectivity index (χ2v) is 9.15. The Bertz CT molecular complexity index is 1100. The van der Waals surface area contributed by atoms with Crippen molar-refractivity contribution in [1.29, 1.82) is 0 Å². The number of aryl methyl sites for hydroxylation is 1. The minimum Gasteiger partial charge on any atom is -0.372 e. The molecule has 156 valence electrons. The first-order chi connectivity index (χ1) is 14.1. The normalized spacial score (nSPS) is 11.9. The van der Waals surface area contributed by atoms with Gasteiger partial charge in [0.15, 0.2) is 5.60 Å². The van der Waals surface area contributed by atoms with Crippen LogP contribution in [0.5, 0.6) is 0 Å². The maximum atomic E-state index is 13.0. The highest BCUT2D eigenvalue weighted by Gasteiger charge is 2.40. The number of carbonyl (C=O) groups is 1. The summed E-state index contributed by atoms with van der Waals surface area (Å²) in [4.78, 5) is 15.0. The van der Waals surface area contributed by atoms with E-state index in [1.54, 1.807) is 12.1 Å². The van der Waals surface area contributed by atoms with Gasteiger partial charge in [-0.05, 0) is 54.4 Å². The van der Waals surface area contributed by atoms with Crippen molar-refractivity contribution in [3.8, 4) is 0 Å². The van der Waals surface area contributed by atoms with E-state index in [4.69, 9.17) is 23.2 Å². The summed E-state index contributed by atoms with van der Waals surface area (Å²) in [7, 11) is -4.05. The molecule has 0 aromatic heterocycles. The summed E-state index contributed by atoms with van der Waals surface area (Å²) >= 11 is 11.8. The molecule has 0 aliphatic carbocycles. The first-order valence-electron chi connectivity index (χ1n) is 8.76. The van der Waals surface area contributed by atoms with Crippen LogP contribution in [0.15, 0.2) is 77.7 Å². The summed E-state index contributed by atoms with van der Waals surface area (Å²) in [5.41, 5.74) is 1.18. The van der Waals surface area contributed by atoms with Crippen LogP contribution in [0.1, 0.15) is 16.7 Å². The number of sulfonamides is 1. The number of hydrogen-bond donors (Lipinski definition) is 3. The minimum absolute atomic E-state index is 0.0325. The summed E-state index contributed by atoms with van der Waals surface area (Å²) < 4.78 is 25.0. The first kappa shape index (κ1) is 22.3. The standard InChI is InChI=1S/C21H18Cl2N2O4S/c1-14-2-12-19(13-3-14)30(28,29)25-24-20(26)21(27,15-4-8-17(22)9-5-15)16-6-10-18(23)11-7-16/h2-13,25,27H,1H3,(H,24,26). The Morgan fingerprint density at radius 2 is 1.27 bits per heavy atom. The van der Waals surface area contributed by atoms with Gasteiger partial charge in [-0.15, -0.1) is 4.83 Å². The van der Waals surface area contributed by atoms with E-state index in [9.17, 15) is 18.3 Å². The van der Waals surface area contributed by atoms with Gasteiger partial charge in [0.1, 0.15) is 0 Å². The molecule has 0 unspecified atom stereocenters. The SMILES string of the molecule is Cc1ccc(S(=O)(=O)NNC(=O)C(O)(c2ccc(Cl)cc2)c2ccc(Cl)cc2)cc1. The maximum absolute atomic E-state index is 13.0. The largest absolute Gasteiger partial charge is 0.372 e. The zero-order valence-corrected chi connectivity index (χ0v) is 18.1. The van der Waals surface area contributed by atoms with Gasteiger partial charge in [-0.2, -0.15) is 0 Å². The summed E-state index contributed by atoms with van der Waals surface area (Å²) in [5.74, 6) is -0.997. The van der Waals surface area contributed by atoms with Crippen LogP contribution in [-0.2, 0) is 20.4 Å². The van der Waals surface area contributed by atoms with E-state index in [0.717, 1.165) is 5.56 Å². The van der Waals surface area contributed by atoms with E-state index in [1.165, 1.54) is 60.7 Å². The number of hydrogen-bond acceptors (Lipinski definition) is 4. The van der Waals surface area contributed by atoms with Crippen LogP contribution in [0.4, 0.5) is 0 Å². The van der Waals surface area contributed by atoms with E-state index in [2.05, 4.69) is 5.43 Å². The molecule has 0 aliphatic rings. The Labute approximate surface area is 184 Å². The Balaban J connectivity index is 1.93. The molecule has 1 amide bonds. The molecule has 6 nitrogen and oxygen atoms in total. The van der Waals surface area contributed by atoms with Crippen LogP contribution in [0.3, 0.4) is 0 Å². The average molecular weight is 465 g/mol. The lowest BCUT2D eigenvalue weighted by Crippen LogP contribution is -2.52. The lowest BCUT2D eigenvalue weighted by molar-refractivity contribution is -0.137. The topological polar surface area (TPSA) is 95.5 Å². The molecule has 3 aromatic rings. The van der Waals surface area contributed by atoms with Crippen molar-refractivity contribution in [3.05, 3.63) is 99.5 Å². The lowest BCUT2D eigenvalue weighted by Gasteiger charge is -2.28. The van der Waals surface area contributed by atoms with Gasteiger partial charge in [0, 0.05) is 10.0 Å². The van der Waals surface area contributed by atoms with Gasteiger partial charge >= 0.3 is 0 Å². The van der Waals surface area contributed by atoms with Gasteiger partial charge in [0.05, 0.1) is 4.90 Å². The Hall–Kier alpha value is -2.42. The zero-order valence-electron chi connectivity index (χ0n) is 15.8. The third-order valence-electron chi connectivity index (χ3n) is 4.48. The van der Waals surface area contributed by atoms with E-state index in [0.29, 0.717) is 10.0 Å². The van der Waals surface area contributed by atoms with Crippen molar-refractivity contribution in [1.82, 2.24) is 10.3 Å². The fraction of sp³-hybridized carbons (Fsp3) is 0.0952. The van der Waals surface area contributed by atoms with Crippen molar-refractivity contribution in [2.24, 2.45) is 0 Å². The minimum atomic E-state index is -4.05. The summed E-state index contributed by atoms with van der Waals surface area (Å²) in [6.07, 6.45) is 0. The molecule has 0 heterocycles. The molecule has 0 bridgehead atoms. The highest BCUT2D eigenvalue weighted by Crippen LogP contribution is 2.31. The Kier molecular flexibility index (Phi) is 6.50. The van der Waals surface area contributed by atoms with E-state index in [1.807, 2.05) is 11.8 Å². The second kappa shape index (κ2) is 8.75. The highest BCUT2D eigenvalue weighted by atomic mass is 35.5. The van der Waals surface area contributed by atoms with Crippen LogP contribution in [-0.4, -0.2) is 19.4 Å². The predicted octanol–water partition coefficient (Wildman–Crippen LogP) is 3.55. The van der Waals surface area contributed by atoms with Gasteiger partial charge in [0.25, 0.3) is 15.9 Å². The summed E-state index contributed by atoms with van der Waals surface area (Å²) in [6, 6.07) is 18.1. The molecule has 3 aromatic carbocycles. The van der Waals surface area contributed by atoms with Crippen molar-refractivity contribution < 1.29 is 18.3 Å². The van der Waals surface area contributed by atoms with E-state index >= 15 is 0 Å². The molecule has 0 aliphatic heterocycles. The number of rotatable bonds is 6. The van der Waals surface area contributed by atoms with Crippen LogP contribution in [0.25, 0.3) is 0 Å². The molecular weight excluding hydrogens is 447 g/mol. The third kappa shape index (κ3) is 4.66. The average Bonchev–Trinajstić information content (AvgIpc) is 2.73. The zero-order chi connectivity index (χ0) is 21.9.